The number of ether oxygens (including phenoxy) is 1. The number of carbonyl (C=O) groups excluding carboxylic acids is 3. The Balaban J connectivity index is 1.93. The van der Waals surface area contributed by atoms with Crippen molar-refractivity contribution >= 4 is 17.5 Å². The van der Waals surface area contributed by atoms with Crippen LogP contribution in [-0.2, 0) is 19.1 Å². The molecule has 0 saturated heterocycles. The van der Waals surface area contributed by atoms with E-state index in [1.807, 2.05) is 13.8 Å². The van der Waals surface area contributed by atoms with Crippen LogP contribution in [0.15, 0.2) is 34.9 Å². The largest absolute Gasteiger partial charge is 0.422 e. The molecular formula is C24H29FO4. The van der Waals surface area contributed by atoms with E-state index in [1.54, 1.807) is 0 Å². The normalized spacial score (nSPS) is 43.0. The lowest BCUT2D eigenvalue weighted by molar-refractivity contribution is -0.140. The molecule has 0 aromatic rings. The van der Waals surface area contributed by atoms with Gasteiger partial charge in [0, 0.05) is 29.7 Å². The molecule has 4 aliphatic carbocycles. The van der Waals surface area contributed by atoms with Crippen LogP contribution in [0.4, 0.5) is 4.39 Å². The average Bonchev–Trinajstić information content (AvgIpc) is 2.95. The van der Waals surface area contributed by atoms with Gasteiger partial charge in [0.15, 0.2) is 5.76 Å². The van der Waals surface area contributed by atoms with E-state index in [9.17, 15) is 18.8 Å². The van der Waals surface area contributed by atoms with Crippen LogP contribution >= 0.6 is 0 Å². The molecule has 0 radical (unpaired) electrons. The fourth-order valence-corrected chi connectivity index (χ4v) is 7.05. The van der Waals surface area contributed by atoms with Gasteiger partial charge in [-0.3, -0.25) is 14.4 Å². The predicted octanol–water partition coefficient (Wildman–Crippen LogP) is 4.85. The molecule has 0 bridgehead atoms. The lowest BCUT2D eigenvalue weighted by Gasteiger charge is -2.59. The van der Waals surface area contributed by atoms with Crippen LogP contribution in [0.1, 0.15) is 60.3 Å². The van der Waals surface area contributed by atoms with Gasteiger partial charge in [0.1, 0.15) is 5.78 Å². The molecular weight excluding hydrogens is 371 g/mol. The maximum Gasteiger partial charge on any atom is 0.308 e. The second kappa shape index (κ2) is 6.48. The minimum atomic E-state index is -0.596. The third-order valence-electron chi connectivity index (χ3n) is 8.64. The van der Waals surface area contributed by atoms with Crippen LogP contribution in [-0.4, -0.2) is 17.5 Å². The molecule has 3 fully saturated rings. The van der Waals surface area contributed by atoms with Crippen molar-refractivity contribution in [3.8, 4) is 0 Å². The van der Waals surface area contributed by atoms with Crippen molar-refractivity contribution in [2.45, 2.75) is 60.3 Å². The summed E-state index contributed by atoms with van der Waals surface area (Å²) in [6.07, 6.45) is 5.21. The van der Waals surface area contributed by atoms with E-state index >= 15 is 0 Å². The van der Waals surface area contributed by atoms with Gasteiger partial charge in [-0.2, -0.15) is 0 Å². The maximum atomic E-state index is 14.4. The number of fused-ring (bicyclic) bond motifs is 5. The number of esters is 1. The summed E-state index contributed by atoms with van der Waals surface area (Å²) in [7, 11) is 0. The van der Waals surface area contributed by atoms with Gasteiger partial charge in [-0.15, -0.1) is 0 Å². The lowest BCUT2D eigenvalue weighted by atomic mass is 9.44. The molecule has 4 rings (SSSR count). The van der Waals surface area contributed by atoms with Gasteiger partial charge in [-0.1, -0.05) is 26.3 Å². The Morgan fingerprint density at radius 3 is 2.55 bits per heavy atom. The van der Waals surface area contributed by atoms with Crippen molar-refractivity contribution in [1.29, 1.82) is 0 Å². The first kappa shape index (κ1) is 20.2. The van der Waals surface area contributed by atoms with Gasteiger partial charge in [0.05, 0.1) is 6.33 Å². The van der Waals surface area contributed by atoms with Gasteiger partial charge in [0.25, 0.3) is 0 Å². The van der Waals surface area contributed by atoms with Crippen LogP contribution in [0.25, 0.3) is 0 Å². The Hall–Kier alpha value is -2.04. The second-order valence-electron chi connectivity index (χ2n) is 9.75. The summed E-state index contributed by atoms with van der Waals surface area (Å²) in [6.45, 7) is 9.30. The molecule has 3 saturated carbocycles. The van der Waals surface area contributed by atoms with Crippen molar-refractivity contribution in [1.82, 2.24) is 0 Å². The molecule has 0 spiro atoms. The third-order valence-corrected chi connectivity index (χ3v) is 8.64. The highest BCUT2D eigenvalue weighted by atomic mass is 19.1. The van der Waals surface area contributed by atoms with Crippen molar-refractivity contribution < 1.29 is 23.5 Å². The van der Waals surface area contributed by atoms with Gasteiger partial charge in [-0.05, 0) is 61.5 Å². The maximum absolute atomic E-state index is 14.4. The van der Waals surface area contributed by atoms with Gasteiger partial charge in [0.2, 0.25) is 5.78 Å². The van der Waals surface area contributed by atoms with Gasteiger partial charge < -0.3 is 4.74 Å². The lowest BCUT2D eigenvalue weighted by Crippen LogP contribution is -2.54. The highest BCUT2D eigenvalue weighted by Crippen LogP contribution is 2.68. The number of ketones is 2. The second-order valence-corrected chi connectivity index (χ2v) is 9.75. The molecule has 29 heavy (non-hydrogen) atoms. The standard InChI is InChI=1S/C24H29FO4/c1-12-10-18(27)22(29-14(3)26)21-15(11-25)13(2)20-16-6-7-19(28)23(16,4)9-8-17(20)24(12,21)5/h10-11,13,16-17,20H,6-9H2,1-5H3/t13-,16+,17+,20+,23+,24-/m1/s1. The molecule has 156 valence electrons. The molecule has 4 nitrogen and oxygen atoms in total. The molecule has 5 heteroatoms. The number of hydrogen-bond donors (Lipinski definition) is 0. The third kappa shape index (κ3) is 2.52. The molecule has 6 atom stereocenters. The van der Waals surface area contributed by atoms with Gasteiger partial charge >= 0.3 is 5.97 Å². The Morgan fingerprint density at radius 2 is 1.93 bits per heavy atom. The number of Topliss-reactive ketones (excluding diaryl/α,β-unsaturated/α-hetero) is 1. The summed E-state index contributed by atoms with van der Waals surface area (Å²) >= 11 is 0. The molecule has 0 aromatic heterocycles. The summed E-state index contributed by atoms with van der Waals surface area (Å²) in [4.78, 5) is 37.2. The summed E-state index contributed by atoms with van der Waals surface area (Å²) in [6, 6.07) is 0. The minimum Gasteiger partial charge on any atom is -0.422 e. The van der Waals surface area contributed by atoms with Crippen molar-refractivity contribution in [2.75, 3.05) is 0 Å². The monoisotopic (exact) mass is 400 g/mol. The van der Waals surface area contributed by atoms with E-state index in [4.69, 9.17) is 4.74 Å². The molecule has 4 aliphatic rings. The topological polar surface area (TPSA) is 60.4 Å². The first-order chi connectivity index (χ1) is 13.6. The molecule has 0 aromatic carbocycles. The number of rotatable bonds is 1. The van der Waals surface area contributed by atoms with Crippen LogP contribution in [0.2, 0.25) is 0 Å². The molecule has 0 aliphatic heterocycles. The number of carbonyl (C=O) groups is 3. The highest BCUT2D eigenvalue weighted by molar-refractivity contribution is 6.07. The fraction of sp³-hybridized carbons (Fsp3) is 0.625. The van der Waals surface area contributed by atoms with Crippen LogP contribution in [0, 0.1) is 34.5 Å². The highest BCUT2D eigenvalue weighted by Gasteiger charge is 2.63. The Bertz CT molecular complexity index is 910. The Labute approximate surface area is 171 Å². The SMILES string of the molecule is CC(=O)OC1=C2C(=CF)[C@@H](C)[C@@H]3[C@H](CC[C@]4(C)C(=O)CC[C@@H]34)[C@@]2(C)C(C)=CC1=O. The first-order valence-corrected chi connectivity index (χ1v) is 10.6. The summed E-state index contributed by atoms with van der Waals surface area (Å²) in [5, 5.41) is 0. The Morgan fingerprint density at radius 1 is 1.24 bits per heavy atom. The number of halogens is 1. The van der Waals surface area contributed by atoms with E-state index in [1.165, 1.54) is 13.0 Å². The van der Waals surface area contributed by atoms with E-state index in [0.29, 0.717) is 29.7 Å². The fourth-order valence-electron chi connectivity index (χ4n) is 7.05. The summed E-state index contributed by atoms with van der Waals surface area (Å²) in [5.74, 6) is -0.310. The molecule has 0 heterocycles. The van der Waals surface area contributed by atoms with Crippen LogP contribution < -0.4 is 0 Å². The van der Waals surface area contributed by atoms with E-state index in [-0.39, 0.29) is 40.6 Å². The molecule has 0 N–H and O–H groups in total. The molecule has 0 amide bonds. The minimum absolute atomic E-state index is 0.0318. The first-order valence-electron chi connectivity index (χ1n) is 10.6. The molecule has 0 unspecified atom stereocenters. The van der Waals surface area contributed by atoms with E-state index in [0.717, 1.165) is 24.8 Å². The van der Waals surface area contributed by atoms with Crippen LogP contribution in [0.5, 0.6) is 0 Å². The van der Waals surface area contributed by atoms with E-state index < -0.39 is 11.4 Å². The van der Waals surface area contributed by atoms with E-state index in [2.05, 4.69) is 13.8 Å². The van der Waals surface area contributed by atoms with Crippen molar-refractivity contribution in [2.24, 2.45) is 34.5 Å². The van der Waals surface area contributed by atoms with Crippen molar-refractivity contribution in [3.63, 3.8) is 0 Å². The smallest absolute Gasteiger partial charge is 0.308 e. The number of allylic oxidation sites excluding steroid dienone is 4. The van der Waals surface area contributed by atoms with Crippen molar-refractivity contribution in [3.05, 3.63) is 34.9 Å². The zero-order valence-electron chi connectivity index (χ0n) is 17.8. The number of hydrogen-bond acceptors (Lipinski definition) is 4. The summed E-state index contributed by atoms with van der Waals surface area (Å²) in [5.41, 5.74) is 0.912. The summed E-state index contributed by atoms with van der Waals surface area (Å²) < 4.78 is 19.7. The quantitative estimate of drug-likeness (QED) is 0.590. The average molecular weight is 400 g/mol. The Kier molecular flexibility index (Phi) is 4.52. The zero-order valence-corrected chi connectivity index (χ0v) is 17.8. The van der Waals surface area contributed by atoms with Crippen LogP contribution in [0.3, 0.4) is 0 Å². The van der Waals surface area contributed by atoms with Gasteiger partial charge in [-0.25, -0.2) is 4.39 Å². The predicted molar refractivity (Wildman–Crippen MR) is 106 cm³/mol. The zero-order chi connectivity index (χ0) is 21.3.